The summed E-state index contributed by atoms with van der Waals surface area (Å²) in [6, 6.07) is 2.40. The molecule has 2 heterocycles. The first kappa shape index (κ1) is 32.0. The number of nitrogens with zero attached hydrogens (tertiary/aromatic N) is 1. The van der Waals surface area contributed by atoms with Crippen molar-refractivity contribution in [2.45, 2.75) is 99.7 Å². The molecule has 1 aromatic carbocycles. The number of fused-ring (bicyclic) bond motifs is 2. The minimum Gasteiger partial charge on any atom is -0.344 e. The van der Waals surface area contributed by atoms with Gasteiger partial charge >= 0.3 is 6.18 Å². The van der Waals surface area contributed by atoms with E-state index in [1.54, 1.807) is 0 Å². The van der Waals surface area contributed by atoms with Crippen LogP contribution in [-0.2, 0) is 41.8 Å². The lowest BCUT2D eigenvalue weighted by Crippen LogP contribution is -2.58. The van der Waals surface area contributed by atoms with Gasteiger partial charge in [0.05, 0.1) is 17.2 Å². The van der Waals surface area contributed by atoms with Gasteiger partial charge in [-0.3, -0.25) is 23.9 Å². The highest BCUT2D eigenvalue weighted by molar-refractivity contribution is 7.91. The normalized spacial score (nSPS) is 28.2. The second-order valence-electron chi connectivity index (χ2n) is 12.2. The third-order valence-corrected chi connectivity index (χ3v) is 10.6. The molecule has 240 valence electrons. The Balaban J connectivity index is 1.30. The maximum absolute atomic E-state index is 13.8. The molecule has 1 unspecified atom stereocenters. The van der Waals surface area contributed by atoms with Crippen molar-refractivity contribution in [1.82, 2.24) is 20.3 Å². The molecule has 10 nitrogen and oxygen atoms in total. The number of nitrogens with one attached hydrogen (secondary N) is 3. The number of rotatable bonds is 6. The molecule has 0 radical (unpaired) electrons. The van der Waals surface area contributed by atoms with E-state index in [2.05, 4.69) is 15.4 Å². The fourth-order valence-electron chi connectivity index (χ4n) is 6.02. The van der Waals surface area contributed by atoms with Crippen LogP contribution in [0, 0.1) is 5.92 Å². The van der Waals surface area contributed by atoms with E-state index in [4.69, 9.17) is 0 Å². The van der Waals surface area contributed by atoms with Crippen LogP contribution in [0.3, 0.4) is 0 Å². The van der Waals surface area contributed by atoms with Crippen LogP contribution < -0.4 is 15.4 Å². The van der Waals surface area contributed by atoms with Crippen LogP contribution in [0.25, 0.3) is 0 Å². The highest BCUT2D eigenvalue weighted by Gasteiger charge is 2.61. The Labute approximate surface area is 254 Å². The summed E-state index contributed by atoms with van der Waals surface area (Å²) in [6.07, 6.45) is 4.23. The number of hydrogen-bond donors (Lipinski definition) is 3. The zero-order valence-corrected chi connectivity index (χ0v) is 25.0. The molecule has 1 saturated heterocycles. The Kier molecular flexibility index (Phi) is 9.11. The highest BCUT2D eigenvalue weighted by atomic mass is 32.2. The van der Waals surface area contributed by atoms with Crippen molar-refractivity contribution in [3.63, 3.8) is 0 Å². The van der Waals surface area contributed by atoms with E-state index in [1.165, 1.54) is 17.0 Å². The molecule has 2 saturated carbocycles. The van der Waals surface area contributed by atoms with Crippen LogP contribution in [0.5, 0.6) is 0 Å². The third-order valence-electron chi connectivity index (χ3n) is 8.81. The summed E-state index contributed by atoms with van der Waals surface area (Å²) in [5.74, 6) is -2.69. The number of benzene rings is 1. The van der Waals surface area contributed by atoms with Gasteiger partial charge in [0.2, 0.25) is 27.7 Å². The van der Waals surface area contributed by atoms with Gasteiger partial charge in [-0.2, -0.15) is 13.2 Å². The van der Waals surface area contributed by atoms with Gasteiger partial charge in [0.1, 0.15) is 17.6 Å². The quantitative estimate of drug-likeness (QED) is 0.410. The summed E-state index contributed by atoms with van der Waals surface area (Å²) in [7, 11) is -3.84. The minimum atomic E-state index is -4.50. The van der Waals surface area contributed by atoms with Gasteiger partial charge in [0.15, 0.2) is 0 Å². The molecule has 4 aliphatic rings. The topological polar surface area (TPSA) is 142 Å². The number of halogens is 3. The van der Waals surface area contributed by atoms with Crippen molar-refractivity contribution in [1.29, 1.82) is 0 Å². The van der Waals surface area contributed by atoms with E-state index in [1.807, 2.05) is 12.2 Å². The SMILES string of the molecule is O=C(Cc1ccc(C(F)(F)F)cc1)N[C@H]1CCCCCC=C[C@@H]2C[C@@]2(C(=O)NS(=O)(=O)C2CC2)NC(=O)C2CCCN2C1=O. The lowest BCUT2D eigenvalue weighted by Gasteiger charge is -2.30. The van der Waals surface area contributed by atoms with Crippen LogP contribution in [0.2, 0.25) is 0 Å². The number of amides is 4. The summed E-state index contributed by atoms with van der Waals surface area (Å²) in [5, 5.41) is 4.92. The first-order valence-corrected chi connectivity index (χ1v) is 16.7. The molecule has 44 heavy (non-hydrogen) atoms. The number of sulfonamides is 1. The van der Waals surface area contributed by atoms with E-state index in [0.29, 0.717) is 50.5 Å². The molecule has 5 rings (SSSR count). The van der Waals surface area contributed by atoms with E-state index in [9.17, 15) is 40.8 Å². The van der Waals surface area contributed by atoms with E-state index in [-0.39, 0.29) is 25.3 Å². The number of allylic oxidation sites excluding steroid dienone is 1. The third kappa shape index (κ3) is 7.27. The molecule has 0 aromatic heterocycles. The molecule has 2 aliphatic carbocycles. The maximum Gasteiger partial charge on any atom is 0.416 e. The highest BCUT2D eigenvalue weighted by Crippen LogP contribution is 2.46. The van der Waals surface area contributed by atoms with Crippen molar-refractivity contribution in [2.24, 2.45) is 5.92 Å². The van der Waals surface area contributed by atoms with Crippen molar-refractivity contribution in [3.05, 3.63) is 47.5 Å². The standard InChI is InChI=1S/C30H37F3N4O6S/c31-30(32,33)20-12-10-19(11-13-20)17-25(38)34-23-8-5-3-1-2-4-7-21-18-29(21,28(41)36-44(42,43)22-14-15-22)35-26(39)24-9-6-16-37(24)27(23)40/h4,7,10-13,21-24H,1-3,5-6,8-9,14-18H2,(H,34,38)(H,35,39)(H,36,41)/t21-,23+,24?,29-/m1/s1. The lowest BCUT2D eigenvalue weighted by molar-refractivity contribution is -0.142. The first-order valence-electron chi connectivity index (χ1n) is 15.1. The first-order chi connectivity index (χ1) is 20.8. The predicted octanol–water partition coefficient (Wildman–Crippen LogP) is 2.73. The van der Waals surface area contributed by atoms with E-state index in [0.717, 1.165) is 25.0 Å². The van der Waals surface area contributed by atoms with Gasteiger partial charge < -0.3 is 15.5 Å². The molecule has 2 aliphatic heterocycles. The molecular formula is C30H37F3N4O6S. The molecule has 4 atom stereocenters. The lowest BCUT2D eigenvalue weighted by atomic mass is 10.0. The molecule has 0 bridgehead atoms. The number of alkyl halides is 3. The summed E-state index contributed by atoms with van der Waals surface area (Å²) < 4.78 is 65.9. The molecule has 3 N–H and O–H groups in total. The fraction of sp³-hybridized carbons (Fsp3) is 0.600. The number of hydrogen-bond acceptors (Lipinski definition) is 6. The van der Waals surface area contributed by atoms with Crippen LogP contribution in [0.15, 0.2) is 36.4 Å². The molecule has 14 heteroatoms. The largest absolute Gasteiger partial charge is 0.416 e. The summed E-state index contributed by atoms with van der Waals surface area (Å²) in [6.45, 7) is 0.265. The van der Waals surface area contributed by atoms with Gasteiger partial charge in [0, 0.05) is 12.5 Å². The fourth-order valence-corrected chi connectivity index (χ4v) is 7.38. The second kappa shape index (κ2) is 12.5. The molecule has 3 fully saturated rings. The van der Waals surface area contributed by atoms with Crippen molar-refractivity contribution >= 4 is 33.7 Å². The zero-order valence-electron chi connectivity index (χ0n) is 24.2. The van der Waals surface area contributed by atoms with Gasteiger partial charge in [0.25, 0.3) is 5.91 Å². The summed E-state index contributed by atoms with van der Waals surface area (Å²) >= 11 is 0. The molecular weight excluding hydrogens is 601 g/mol. The second-order valence-corrected chi connectivity index (χ2v) is 14.2. The monoisotopic (exact) mass is 638 g/mol. The molecule has 1 aromatic rings. The Morgan fingerprint density at radius 1 is 1.00 bits per heavy atom. The minimum absolute atomic E-state index is 0.223. The van der Waals surface area contributed by atoms with Crippen molar-refractivity contribution < 1.29 is 40.8 Å². The average molecular weight is 639 g/mol. The predicted molar refractivity (Wildman–Crippen MR) is 153 cm³/mol. The van der Waals surface area contributed by atoms with Crippen LogP contribution in [0.4, 0.5) is 13.2 Å². The Bertz CT molecular complexity index is 1430. The molecule has 0 spiro atoms. The van der Waals surface area contributed by atoms with E-state index >= 15 is 0 Å². The van der Waals surface area contributed by atoms with Gasteiger partial charge in [-0.15, -0.1) is 0 Å². The Morgan fingerprint density at radius 3 is 2.41 bits per heavy atom. The summed E-state index contributed by atoms with van der Waals surface area (Å²) in [4.78, 5) is 55.0. The van der Waals surface area contributed by atoms with Crippen LogP contribution in [0.1, 0.15) is 75.3 Å². The van der Waals surface area contributed by atoms with Crippen LogP contribution >= 0.6 is 0 Å². The maximum atomic E-state index is 13.8. The average Bonchev–Trinajstić information content (AvgIpc) is 3.87. The Hall–Kier alpha value is -3.42. The van der Waals surface area contributed by atoms with Gasteiger partial charge in [-0.25, -0.2) is 8.42 Å². The van der Waals surface area contributed by atoms with E-state index < -0.39 is 68.3 Å². The zero-order chi connectivity index (χ0) is 31.7. The number of carbonyl (C=O) groups excluding carboxylic acids is 4. The smallest absolute Gasteiger partial charge is 0.344 e. The summed E-state index contributed by atoms with van der Waals surface area (Å²) in [5.41, 5.74) is -1.90. The molecule has 4 amide bonds. The van der Waals surface area contributed by atoms with Crippen LogP contribution in [-0.4, -0.2) is 66.4 Å². The van der Waals surface area contributed by atoms with Gasteiger partial charge in [-0.05, 0) is 69.1 Å². The van der Waals surface area contributed by atoms with Crippen molar-refractivity contribution in [2.75, 3.05) is 6.54 Å². The van der Waals surface area contributed by atoms with Crippen molar-refractivity contribution in [3.8, 4) is 0 Å². The number of carbonyl (C=O) groups is 4. The Morgan fingerprint density at radius 2 is 1.73 bits per heavy atom. The van der Waals surface area contributed by atoms with Gasteiger partial charge in [-0.1, -0.05) is 37.1 Å².